The van der Waals surface area contributed by atoms with Crippen LogP contribution in [0.25, 0.3) is 6.08 Å². The second-order valence-electron chi connectivity index (χ2n) is 3.35. The fourth-order valence-corrected chi connectivity index (χ4v) is 1.42. The van der Waals surface area contributed by atoms with Crippen molar-refractivity contribution < 1.29 is 14.4 Å². The number of hydrogen-bond acceptors (Lipinski definition) is 4. The van der Waals surface area contributed by atoms with Gasteiger partial charge in [0.25, 0.3) is 0 Å². The third-order valence-electron chi connectivity index (χ3n) is 2.36. The lowest BCUT2D eigenvalue weighted by Crippen LogP contribution is -1.97. The lowest BCUT2D eigenvalue weighted by Gasteiger charge is -2.07. The van der Waals surface area contributed by atoms with E-state index in [4.69, 9.17) is 9.47 Å². The Kier molecular flexibility index (Phi) is 4.51. The number of allylic oxidation sites excluding steroid dienone is 1. The van der Waals surface area contributed by atoms with Gasteiger partial charge in [-0.2, -0.15) is 0 Å². The van der Waals surface area contributed by atoms with E-state index in [0.29, 0.717) is 23.5 Å². The molecule has 0 aliphatic carbocycles. The maximum Gasteiger partial charge on any atom is 0.246 e. The first-order valence-electron chi connectivity index (χ1n) is 5.19. The van der Waals surface area contributed by atoms with Crippen LogP contribution < -0.4 is 9.47 Å². The van der Waals surface area contributed by atoms with E-state index in [1.807, 2.05) is 0 Å². The molecule has 0 aliphatic rings. The van der Waals surface area contributed by atoms with Gasteiger partial charge in [0.2, 0.25) is 5.70 Å². The molecule has 1 aromatic carbocycles. The number of nitro groups is 1. The SMILES string of the molecule is CCC(=Cc1cc(OC)ccc1OC)[N+](=O)[O-]. The van der Waals surface area contributed by atoms with Gasteiger partial charge in [-0.05, 0) is 18.2 Å². The molecule has 0 N–H and O–H groups in total. The summed E-state index contributed by atoms with van der Waals surface area (Å²) in [7, 11) is 3.07. The first kappa shape index (κ1) is 13.0. The summed E-state index contributed by atoms with van der Waals surface area (Å²) in [6, 6.07) is 5.17. The molecule has 0 saturated heterocycles. The highest BCUT2D eigenvalue weighted by atomic mass is 16.6. The molecule has 0 aromatic heterocycles. The molecule has 0 radical (unpaired) electrons. The van der Waals surface area contributed by atoms with Crippen LogP contribution in [0.2, 0.25) is 0 Å². The first-order chi connectivity index (χ1) is 8.12. The zero-order valence-electron chi connectivity index (χ0n) is 10.1. The highest BCUT2D eigenvalue weighted by Crippen LogP contribution is 2.26. The molecule has 0 aliphatic heterocycles. The summed E-state index contributed by atoms with van der Waals surface area (Å²) < 4.78 is 10.2. The number of ether oxygens (including phenoxy) is 2. The lowest BCUT2D eigenvalue weighted by atomic mass is 10.1. The van der Waals surface area contributed by atoms with Crippen LogP contribution in [0.4, 0.5) is 0 Å². The molecule has 0 atom stereocenters. The molecule has 17 heavy (non-hydrogen) atoms. The van der Waals surface area contributed by atoms with Gasteiger partial charge < -0.3 is 9.47 Å². The van der Waals surface area contributed by atoms with E-state index >= 15 is 0 Å². The predicted molar refractivity (Wildman–Crippen MR) is 64.8 cm³/mol. The molecular weight excluding hydrogens is 222 g/mol. The van der Waals surface area contributed by atoms with Crippen molar-refractivity contribution in [2.45, 2.75) is 13.3 Å². The highest BCUT2D eigenvalue weighted by molar-refractivity contribution is 5.60. The first-order valence-corrected chi connectivity index (χ1v) is 5.19. The molecule has 1 rings (SSSR count). The molecule has 5 nitrogen and oxygen atoms in total. The van der Waals surface area contributed by atoms with Crippen molar-refractivity contribution >= 4 is 6.08 Å². The molecule has 0 heterocycles. The third kappa shape index (κ3) is 3.21. The number of methoxy groups -OCH3 is 2. The van der Waals surface area contributed by atoms with Crippen LogP contribution in [0.3, 0.4) is 0 Å². The monoisotopic (exact) mass is 237 g/mol. The largest absolute Gasteiger partial charge is 0.497 e. The van der Waals surface area contributed by atoms with Crippen molar-refractivity contribution in [1.29, 1.82) is 0 Å². The predicted octanol–water partition coefficient (Wildman–Crippen LogP) is 2.73. The van der Waals surface area contributed by atoms with E-state index in [-0.39, 0.29) is 10.6 Å². The molecule has 5 heteroatoms. The van der Waals surface area contributed by atoms with Crippen molar-refractivity contribution in [3.8, 4) is 11.5 Å². The molecule has 0 spiro atoms. The number of hydrogen-bond donors (Lipinski definition) is 0. The summed E-state index contributed by atoms with van der Waals surface area (Å²) in [5, 5.41) is 10.8. The van der Waals surface area contributed by atoms with Crippen LogP contribution in [0.5, 0.6) is 11.5 Å². The Bertz CT molecular complexity index is 440. The molecule has 92 valence electrons. The van der Waals surface area contributed by atoms with Crippen LogP contribution in [-0.4, -0.2) is 19.1 Å². The second kappa shape index (κ2) is 5.89. The van der Waals surface area contributed by atoms with Gasteiger partial charge in [0, 0.05) is 18.1 Å². The van der Waals surface area contributed by atoms with Crippen LogP contribution in [0, 0.1) is 10.1 Å². The van der Waals surface area contributed by atoms with E-state index in [0.717, 1.165) is 0 Å². The van der Waals surface area contributed by atoms with Crippen LogP contribution in [0.1, 0.15) is 18.9 Å². The Labute approximate surface area is 99.8 Å². The summed E-state index contributed by atoms with van der Waals surface area (Å²) in [6.07, 6.45) is 1.86. The maximum atomic E-state index is 10.8. The Balaban J connectivity index is 3.22. The number of rotatable bonds is 5. The van der Waals surface area contributed by atoms with Crippen molar-refractivity contribution in [3.05, 3.63) is 39.6 Å². The topological polar surface area (TPSA) is 61.6 Å². The van der Waals surface area contributed by atoms with Gasteiger partial charge in [-0.1, -0.05) is 6.92 Å². The summed E-state index contributed by atoms with van der Waals surface area (Å²) in [5.41, 5.74) is 0.775. The molecule has 1 aromatic rings. The molecule has 0 amide bonds. The van der Waals surface area contributed by atoms with Crippen molar-refractivity contribution in [3.63, 3.8) is 0 Å². The quantitative estimate of drug-likeness (QED) is 0.583. The zero-order chi connectivity index (χ0) is 12.8. The minimum Gasteiger partial charge on any atom is -0.497 e. The number of nitrogens with zero attached hydrogens (tertiary/aromatic N) is 1. The maximum absolute atomic E-state index is 10.8. The summed E-state index contributed by atoms with van der Waals surface area (Å²) >= 11 is 0. The van der Waals surface area contributed by atoms with Gasteiger partial charge in [0.05, 0.1) is 19.1 Å². The van der Waals surface area contributed by atoms with E-state index in [9.17, 15) is 10.1 Å². The summed E-state index contributed by atoms with van der Waals surface area (Å²) in [5.74, 6) is 1.22. The lowest BCUT2D eigenvalue weighted by molar-refractivity contribution is -0.425. The van der Waals surface area contributed by atoms with Gasteiger partial charge in [-0.25, -0.2) is 0 Å². The van der Waals surface area contributed by atoms with Gasteiger partial charge in [-0.3, -0.25) is 10.1 Å². The molecule has 0 bridgehead atoms. The average molecular weight is 237 g/mol. The second-order valence-corrected chi connectivity index (χ2v) is 3.35. The zero-order valence-corrected chi connectivity index (χ0v) is 10.1. The van der Waals surface area contributed by atoms with Gasteiger partial charge >= 0.3 is 0 Å². The van der Waals surface area contributed by atoms with Gasteiger partial charge in [0.1, 0.15) is 11.5 Å². The summed E-state index contributed by atoms with van der Waals surface area (Å²) in [4.78, 5) is 10.4. The normalized spacial score (nSPS) is 11.1. The van der Waals surface area contributed by atoms with Crippen molar-refractivity contribution in [2.75, 3.05) is 14.2 Å². The highest BCUT2D eigenvalue weighted by Gasteiger charge is 2.10. The fourth-order valence-electron chi connectivity index (χ4n) is 1.42. The summed E-state index contributed by atoms with van der Waals surface area (Å²) in [6.45, 7) is 1.74. The van der Waals surface area contributed by atoms with E-state index in [1.54, 1.807) is 32.2 Å². The Morgan fingerprint density at radius 2 is 2.12 bits per heavy atom. The van der Waals surface area contributed by atoms with Crippen molar-refractivity contribution in [2.24, 2.45) is 0 Å². The van der Waals surface area contributed by atoms with Crippen LogP contribution in [0.15, 0.2) is 23.9 Å². The third-order valence-corrected chi connectivity index (χ3v) is 2.36. The van der Waals surface area contributed by atoms with Gasteiger partial charge in [-0.15, -0.1) is 0 Å². The average Bonchev–Trinajstić information content (AvgIpc) is 2.35. The molecule has 0 saturated carbocycles. The molecular formula is C12H15NO4. The fraction of sp³-hybridized carbons (Fsp3) is 0.333. The standard InChI is InChI=1S/C12H15NO4/c1-4-10(13(14)15)7-9-8-11(16-2)5-6-12(9)17-3/h5-8H,4H2,1-3H3. The Morgan fingerprint density at radius 3 is 2.59 bits per heavy atom. The van der Waals surface area contributed by atoms with E-state index < -0.39 is 0 Å². The van der Waals surface area contributed by atoms with E-state index in [1.165, 1.54) is 13.2 Å². The number of benzene rings is 1. The minimum absolute atomic E-state index is 0.136. The minimum atomic E-state index is -0.390. The van der Waals surface area contributed by atoms with Crippen molar-refractivity contribution in [1.82, 2.24) is 0 Å². The van der Waals surface area contributed by atoms with Crippen LogP contribution >= 0.6 is 0 Å². The molecule has 0 fully saturated rings. The van der Waals surface area contributed by atoms with E-state index in [2.05, 4.69) is 0 Å². The van der Waals surface area contributed by atoms with Crippen LogP contribution in [-0.2, 0) is 0 Å². The van der Waals surface area contributed by atoms with Gasteiger partial charge in [0.15, 0.2) is 0 Å². The Morgan fingerprint density at radius 1 is 1.41 bits per heavy atom. The molecule has 0 unspecified atom stereocenters. The Hall–Kier alpha value is -2.04. The smallest absolute Gasteiger partial charge is 0.246 e.